The van der Waals surface area contributed by atoms with Crippen LogP contribution in [0.15, 0.2) is 46.8 Å². The van der Waals surface area contributed by atoms with E-state index in [2.05, 4.69) is 15.6 Å². The molecule has 0 aliphatic heterocycles. The average molecular weight is 440 g/mol. The van der Waals surface area contributed by atoms with Gasteiger partial charge in [0.05, 0.1) is 16.0 Å². The zero-order valence-electron chi connectivity index (χ0n) is 16.9. The number of rotatable bonds is 6. The fourth-order valence-electron chi connectivity index (χ4n) is 3.59. The molecular formula is C23H25N3O2S2. The Morgan fingerprint density at radius 2 is 1.87 bits per heavy atom. The smallest absolute Gasteiger partial charge is 0.255 e. The van der Waals surface area contributed by atoms with E-state index in [1.165, 1.54) is 31.0 Å². The highest BCUT2D eigenvalue weighted by atomic mass is 32.2. The standard InChI is InChI=1S/C23H25N3O2S2/c1-15-7-9-16(10-8-15)22(28)25-18-11-12-19-20(13-18)30-23(26-19)29-14-21(27)24-17-5-3-2-4-6-17/h7-13,17H,2-6,14H2,1H3,(H,24,27)(H,25,28). The Morgan fingerprint density at radius 3 is 2.63 bits per heavy atom. The summed E-state index contributed by atoms with van der Waals surface area (Å²) in [6.45, 7) is 1.99. The van der Waals surface area contributed by atoms with E-state index >= 15 is 0 Å². The molecule has 1 fully saturated rings. The zero-order valence-corrected chi connectivity index (χ0v) is 18.6. The molecule has 0 radical (unpaired) electrons. The molecule has 3 aromatic rings. The van der Waals surface area contributed by atoms with Crippen molar-refractivity contribution in [3.05, 3.63) is 53.6 Å². The van der Waals surface area contributed by atoms with Crippen LogP contribution in [0.1, 0.15) is 48.0 Å². The van der Waals surface area contributed by atoms with E-state index in [4.69, 9.17) is 0 Å². The van der Waals surface area contributed by atoms with Gasteiger partial charge in [-0.2, -0.15) is 0 Å². The summed E-state index contributed by atoms with van der Waals surface area (Å²) in [5, 5.41) is 6.09. The van der Waals surface area contributed by atoms with Gasteiger partial charge in [-0.1, -0.05) is 48.7 Å². The number of carbonyl (C=O) groups excluding carboxylic acids is 2. The number of carbonyl (C=O) groups is 2. The number of thioether (sulfide) groups is 1. The summed E-state index contributed by atoms with van der Waals surface area (Å²) in [6, 6.07) is 13.5. The lowest BCUT2D eigenvalue weighted by molar-refractivity contribution is -0.119. The number of benzene rings is 2. The van der Waals surface area contributed by atoms with Gasteiger partial charge in [0.15, 0.2) is 4.34 Å². The summed E-state index contributed by atoms with van der Waals surface area (Å²) in [7, 11) is 0. The first-order valence-corrected chi connectivity index (χ1v) is 12.1. The Balaban J connectivity index is 1.35. The Bertz CT molecular complexity index is 1040. The molecule has 7 heteroatoms. The van der Waals surface area contributed by atoms with Crippen LogP contribution in [0.5, 0.6) is 0 Å². The van der Waals surface area contributed by atoms with E-state index in [0.717, 1.165) is 38.6 Å². The first-order chi connectivity index (χ1) is 14.6. The van der Waals surface area contributed by atoms with Gasteiger partial charge >= 0.3 is 0 Å². The lowest BCUT2D eigenvalue weighted by atomic mass is 9.95. The van der Waals surface area contributed by atoms with Crippen molar-refractivity contribution in [2.45, 2.75) is 49.4 Å². The Morgan fingerprint density at radius 1 is 1.10 bits per heavy atom. The largest absolute Gasteiger partial charge is 0.353 e. The van der Waals surface area contributed by atoms with Crippen molar-refractivity contribution < 1.29 is 9.59 Å². The van der Waals surface area contributed by atoms with Crippen molar-refractivity contribution in [2.75, 3.05) is 11.1 Å². The van der Waals surface area contributed by atoms with E-state index < -0.39 is 0 Å². The lowest BCUT2D eigenvalue weighted by Gasteiger charge is -2.22. The van der Waals surface area contributed by atoms with Gasteiger partial charge in [-0.3, -0.25) is 9.59 Å². The SMILES string of the molecule is Cc1ccc(C(=O)Nc2ccc3nc(SCC(=O)NC4CCCCC4)sc3c2)cc1. The van der Waals surface area contributed by atoms with Crippen molar-refractivity contribution in [2.24, 2.45) is 0 Å². The third kappa shape index (κ3) is 5.40. The molecule has 0 atom stereocenters. The van der Waals surface area contributed by atoms with Crippen LogP contribution in [0.25, 0.3) is 10.2 Å². The second-order valence-corrected chi connectivity index (χ2v) is 9.93. The van der Waals surface area contributed by atoms with Gasteiger partial charge < -0.3 is 10.6 Å². The molecule has 0 unspecified atom stereocenters. The van der Waals surface area contributed by atoms with E-state index in [1.807, 2.05) is 49.4 Å². The number of hydrogen-bond acceptors (Lipinski definition) is 5. The van der Waals surface area contributed by atoms with E-state index in [-0.39, 0.29) is 11.8 Å². The molecule has 5 nitrogen and oxygen atoms in total. The molecule has 1 aliphatic carbocycles. The van der Waals surface area contributed by atoms with Crippen molar-refractivity contribution in [1.29, 1.82) is 0 Å². The molecule has 156 valence electrons. The lowest BCUT2D eigenvalue weighted by Crippen LogP contribution is -2.37. The Kier molecular flexibility index (Phi) is 6.69. The van der Waals surface area contributed by atoms with E-state index in [0.29, 0.717) is 17.4 Å². The van der Waals surface area contributed by atoms with Crippen LogP contribution in [0.4, 0.5) is 5.69 Å². The highest BCUT2D eigenvalue weighted by Gasteiger charge is 2.16. The highest BCUT2D eigenvalue weighted by Crippen LogP contribution is 2.31. The third-order valence-corrected chi connectivity index (χ3v) is 7.40. The number of nitrogens with one attached hydrogen (secondary N) is 2. The number of thiazole rings is 1. The number of hydrogen-bond donors (Lipinski definition) is 2. The average Bonchev–Trinajstić information content (AvgIpc) is 3.16. The second kappa shape index (κ2) is 9.62. The predicted octanol–water partition coefficient (Wildman–Crippen LogP) is 5.40. The van der Waals surface area contributed by atoms with Crippen LogP contribution in [-0.4, -0.2) is 28.6 Å². The van der Waals surface area contributed by atoms with Gasteiger partial charge in [-0.15, -0.1) is 11.3 Å². The molecule has 1 aliphatic rings. The second-order valence-electron chi connectivity index (χ2n) is 7.67. The minimum absolute atomic E-state index is 0.0807. The number of aromatic nitrogens is 1. The fourth-order valence-corrected chi connectivity index (χ4v) is 5.51. The minimum Gasteiger partial charge on any atom is -0.353 e. The minimum atomic E-state index is -0.132. The quantitative estimate of drug-likeness (QED) is 0.505. The van der Waals surface area contributed by atoms with Crippen molar-refractivity contribution in [3.63, 3.8) is 0 Å². The van der Waals surface area contributed by atoms with Crippen molar-refractivity contribution in [3.8, 4) is 0 Å². The maximum atomic E-state index is 12.4. The highest BCUT2D eigenvalue weighted by molar-refractivity contribution is 8.01. The third-order valence-electron chi connectivity index (χ3n) is 5.24. The van der Waals surface area contributed by atoms with Crippen LogP contribution < -0.4 is 10.6 Å². The normalized spacial score (nSPS) is 14.6. The fraction of sp³-hybridized carbons (Fsp3) is 0.348. The van der Waals surface area contributed by atoms with Gasteiger partial charge in [-0.25, -0.2) is 4.98 Å². The number of amides is 2. The van der Waals surface area contributed by atoms with Gasteiger partial charge in [0.1, 0.15) is 0 Å². The van der Waals surface area contributed by atoms with E-state index in [9.17, 15) is 9.59 Å². The monoisotopic (exact) mass is 439 g/mol. The van der Waals surface area contributed by atoms with Crippen molar-refractivity contribution >= 4 is 50.8 Å². The maximum Gasteiger partial charge on any atom is 0.255 e. The molecule has 2 amide bonds. The molecule has 0 saturated heterocycles. The molecule has 1 aromatic heterocycles. The van der Waals surface area contributed by atoms with Gasteiger partial charge in [-0.05, 0) is 50.1 Å². The van der Waals surface area contributed by atoms with Crippen LogP contribution in [0.3, 0.4) is 0 Å². The first-order valence-electron chi connectivity index (χ1n) is 10.3. The van der Waals surface area contributed by atoms with Crippen LogP contribution in [0, 0.1) is 6.92 Å². The first kappa shape index (κ1) is 20.9. The van der Waals surface area contributed by atoms with E-state index in [1.54, 1.807) is 11.3 Å². The Hall–Kier alpha value is -2.38. The number of fused-ring (bicyclic) bond motifs is 1. The summed E-state index contributed by atoms with van der Waals surface area (Å²) < 4.78 is 1.86. The molecule has 2 N–H and O–H groups in total. The topological polar surface area (TPSA) is 71.1 Å². The van der Waals surface area contributed by atoms with Crippen LogP contribution >= 0.6 is 23.1 Å². The summed E-state index contributed by atoms with van der Waals surface area (Å²) in [6.07, 6.45) is 5.88. The summed E-state index contributed by atoms with van der Waals surface area (Å²) >= 11 is 3.01. The molecule has 0 bridgehead atoms. The van der Waals surface area contributed by atoms with Crippen LogP contribution in [-0.2, 0) is 4.79 Å². The molecule has 1 saturated carbocycles. The molecule has 0 spiro atoms. The number of anilines is 1. The summed E-state index contributed by atoms with van der Waals surface area (Å²) in [5.74, 6) is 0.331. The maximum absolute atomic E-state index is 12.4. The van der Waals surface area contributed by atoms with Gasteiger partial charge in [0, 0.05) is 17.3 Å². The van der Waals surface area contributed by atoms with Crippen LogP contribution in [0.2, 0.25) is 0 Å². The molecular weight excluding hydrogens is 414 g/mol. The number of aryl methyl sites for hydroxylation is 1. The van der Waals surface area contributed by atoms with Gasteiger partial charge in [0.2, 0.25) is 5.91 Å². The number of nitrogens with zero attached hydrogens (tertiary/aromatic N) is 1. The molecule has 30 heavy (non-hydrogen) atoms. The Labute approximate surface area is 184 Å². The predicted molar refractivity (Wildman–Crippen MR) is 124 cm³/mol. The van der Waals surface area contributed by atoms with Gasteiger partial charge in [0.25, 0.3) is 5.91 Å². The molecule has 4 rings (SSSR count). The summed E-state index contributed by atoms with van der Waals surface area (Å²) in [5.41, 5.74) is 3.37. The summed E-state index contributed by atoms with van der Waals surface area (Å²) in [4.78, 5) is 29.3. The molecule has 1 heterocycles. The zero-order chi connectivity index (χ0) is 20.9. The molecule has 2 aromatic carbocycles. The van der Waals surface area contributed by atoms with Crippen molar-refractivity contribution in [1.82, 2.24) is 10.3 Å².